The zero-order valence-electron chi connectivity index (χ0n) is 43.7. The van der Waals surface area contributed by atoms with Gasteiger partial charge in [-0.05, 0) is 57.8 Å². The summed E-state index contributed by atoms with van der Waals surface area (Å²) in [5, 5.41) is 23.1. The smallest absolute Gasteiger partial charge is 0.305 e. The van der Waals surface area contributed by atoms with E-state index in [0.29, 0.717) is 19.4 Å². The summed E-state index contributed by atoms with van der Waals surface area (Å²) in [6.45, 7) is 4.88. The average Bonchev–Trinajstić information content (AvgIpc) is 3.31. The first kappa shape index (κ1) is 63.3. The van der Waals surface area contributed by atoms with Crippen LogP contribution in [0.5, 0.6) is 0 Å². The van der Waals surface area contributed by atoms with Crippen LogP contribution in [0.1, 0.15) is 316 Å². The van der Waals surface area contributed by atoms with E-state index < -0.39 is 12.1 Å². The molecule has 0 saturated carbocycles. The maximum atomic E-state index is 12.5. The standard InChI is InChI=1S/C59H113NO5/c1-3-5-7-9-11-13-15-17-18-22-25-28-31-35-39-43-47-51-57(62)56(55-61)60-58(63)52-48-44-40-36-32-29-26-23-20-19-21-24-27-30-34-38-42-46-50-54-65-59(64)53-49-45-41-37-33-16-14-12-10-8-6-4-2/h12,14,47,51,56-57,61-62H,3-11,13,15-46,48-50,52-55H2,1-2H3,(H,60,63)/b14-12-,51-47+. The van der Waals surface area contributed by atoms with Crippen molar-refractivity contribution >= 4 is 11.9 Å². The summed E-state index contributed by atoms with van der Waals surface area (Å²) in [5.41, 5.74) is 0. The van der Waals surface area contributed by atoms with Crippen molar-refractivity contribution in [3.63, 3.8) is 0 Å². The zero-order chi connectivity index (χ0) is 47.2. The van der Waals surface area contributed by atoms with Crippen LogP contribution in [0.2, 0.25) is 0 Å². The monoisotopic (exact) mass is 916 g/mol. The van der Waals surface area contributed by atoms with E-state index in [0.717, 1.165) is 44.9 Å². The van der Waals surface area contributed by atoms with Crippen LogP contribution in [0.25, 0.3) is 0 Å². The Hall–Kier alpha value is -1.66. The van der Waals surface area contributed by atoms with Crippen LogP contribution >= 0.6 is 0 Å². The third-order valence-electron chi connectivity index (χ3n) is 13.5. The molecule has 0 bridgehead atoms. The van der Waals surface area contributed by atoms with Crippen molar-refractivity contribution in [2.75, 3.05) is 13.2 Å². The number of rotatable bonds is 54. The lowest BCUT2D eigenvalue weighted by Gasteiger charge is -2.20. The second kappa shape index (κ2) is 54.9. The molecular formula is C59H113NO5. The molecule has 6 nitrogen and oxygen atoms in total. The van der Waals surface area contributed by atoms with E-state index in [-0.39, 0.29) is 18.5 Å². The van der Waals surface area contributed by atoms with Gasteiger partial charge in [-0.1, -0.05) is 269 Å². The minimum absolute atomic E-state index is 0.00166. The number of unbranched alkanes of at least 4 members (excludes halogenated alkanes) is 41. The van der Waals surface area contributed by atoms with E-state index in [1.807, 2.05) is 6.08 Å². The quantitative estimate of drug-likeness (QED) is 0.0321. The number of hydrogen-bond acceptors (Lipinski definition) is 5. The van der Waals surface area contributed by atoms with Crippen LogP contribution in [-0.2, 0) is 14.3 Å². The fraction of sp³-hybridized carbons (Fsp3) is 0.898. The molecule has 384 valence electrons. The van der Waals surface area contributed by atoms with Crippen molar-refractivity contribution in [1.82, 2.24) is 5.32 Å². The maximum Gasteiger partial charge on any atom is 0.305 e. The van der Waals surface area contributed by atoms with E-state index in [4.69, 9.17) is 4.74 Å². The Kier molecular flexibility index (Phi) is 53.5. The molecule has 0 aliphatic rings. The Bertz CT molecular complexity index is 1010. The van der Waals surface area contributed by atoms with E-state index in [2.05, 4.69) is 31.3 Å². The first-order valence-corrected chi connectivity index (χ1v) is 29.1. The second-order valence-electron chi connectivity index (χ2n) is 20.0. The number of carbonyl (C=O) groups excluding carboxylic acids is 2. The lowest BCUT2D eigenvalue weighted by molar-refractivity contribution is -0.143. The molecule has 0 aromatic carbocycles. The number of nitrogens with one attached hydrogen (secondary N) is 1. The second-order valence-corrected chi connectivity index (χ2v) is 20.0. The molecule has 2 atom stereocenters. The lowest BCUT2D eigenvalue weighted by atomic mass is 10.0. The highest BCUT2D eigenvalue weighted by Crippen LogP contribution is 2.17. The fourth-order valence-corrected chi connectivity index (χ4v) is 8.98. The summed E-state index contributed by atoms with van der Waals surface area (Å²) >= 11 is 0. The van der Waals surface area contributed by atoms with Crippen molar-refractivity contribution < 1.29 is 24.5 Å². The summed E-state index contributed by atoms with van der Waals surface area (Å²) in [6.07, 6.45) is 66.3. The van der Waals surface area contributed by atoms with E-state index in [1.54, 1.807) is 6.08 Å². The number of amides is 1. The Balaban J connectivity index is 3.44. The van der Waals surface area contributed by atoms with Crippen LogP contribution in [0.3, 0.4) is 0 Å². The Labute approximate surface area is 405 Å². The molecule has 3 N–H and O–H groups in total. The minimum atomic E-state index is -0.846. The zero-order valence-corrected chi connectivity index (χ0v) is 43.7. The number of hydrogen-bond donors (Lipinski definition) is 3. The molecule has 0 radical (unpaired) electrons. The van der Waals surface area contributed by atoms with Crippen LogP contribution < -0.4 is 5.32 Å². The fourth-order valence-electron chi connectivity index (χ4n) is 8.98. The molecule has 2 unspecified atom stereocenters. The van der Waals surface area contributed by atoms with Gasteiger partial charge in [-0.15, -0.1) is 0 Å². The largest absolute Gasteiger partial charge is 0.466 e. The topological polar surface area (TPSA) is 95.9 Å². The van der Waals surface area contributed by atoms with Crippen molar-refractivity contribution in [3.05, 3.63) is 24.3 Å². The molecule has 6 heteroatoms. The van der Waals surface area contributed by atoms with E-state index >= 15 is 0 Å². The van der Waals surface area contributed by atoms with Gasteiger partial charge in [-0.3, -0.25) is 9.59 Å². The van der Waals surface area contributed by atoms with Crippen molar-refractivity contribution in [3.8, 4) is 0 Å². The normalized spacial score (nSPS) is 12.7. The Morgan fingerprint density at radius 3 is 1.12 bits per heavy atom. The van der Waals surface area contributed by atoms with Gasteiger partial charge in [0, 0.05) is 12.8 Å². The van der Waals surface area contributed by atoms with Crippen molar-refractivity contribution in [2.24, 2.45) is 0 Å². The Morgan fingerprint density at radius 1 is 0.415 bits per heavy atom. The molecule has 0 aromatic heterocycles. The highest BCUT2D eigenvalue weighted by molar-refractivity contribution is 5.76. The van der Waals surface area contributed by atoms with Crippen molar-refractivity contribution in [1.29, 1.82) is 0 Å². The van der Waals surface area contributed by atoms with Crippen LogP contribution in [-0.4, -0.2) is 47.4 Å². The molecular weight excluding hydrogens is 803 g/mol. The van der Waals surface area contributed by atoms with Crippen LogP contribution in [0, 0.1) is 0 Å². The van der Waals surface area contributed by atoms with Gasteiger partial charge < -0.3 is 20.3 Å². The van der Waals surface area contributed by atoms with Crippen molar-refractivity contribution in [2.45, 2.75) is 328 Å². The number of carbonyl (C=O) groups is 2. The SMILES string of the molecule is CCCCC/C=C\CCCCCCCC(=O)OCCCCCCCCCCCCCCCCCCCCCC(=O)NC(CO)C(O)/C=C/CCCCCCCCCCCCCCCCC. The third-order valence-corrected chi connectivity index (χ3v) is 13.5. The van der Waals surface area contributed by atoms with E-state index in [1.165, 1.54) is 244 Å². The molecule has 0 aliphatic heterocycles. The molecule has 0 rings (SSSR count). The van der Waals surface area contributed by atoms with Crippen LogP contribution in [0.4, 0.5) is 0 Å². The molecule has 0 aliphatic carbocycles. The van der Waals surface area contributed by atoms with Gasteiger partial charge in [0.15, 0.2) is 0 Å². The first-order valence-electron chi connectivity index (χ1n) is 29.1. The molecule has 1 amide bonds. The molecule has 0 heterocycles. The molecule has 0 saturated heterocycles. The molecule has 0 aromatic rings. The number of aliphatic hydroxyl groups excluding tert-OH is 2. The molecule has 65 heavy (non-hydrogen) atoms. The number of esters is 1. The molecule has 0 fully saturated rings. The summed E-state index contributed by atoms with van der Waals surface area (Å²) in [4.78, 5) is 24.5. The average molecular weight is 917 g/mol. The van der Waals surface area contributed by atoms with Gasteiger partial charge in [0.2, 0.25) is 5.91 Å². The lowest BCUT2D eigenvalue weighted by Crippen LogP contribution is -2.45. The molecule has 0 spiro atoms. The summed E-state index contributed by atoms with van der Waals surface area (Å²) in [5.74, 6) is -0.0708. The van der Waals surface area contributed by atoms with Gasteiger partial charge in [-0.25, -0.2) is 0 Å². The highest BCUT2D eigenvalue weighted by atomic mass is 16.5. The highest BCUT2D eigenvalue weighted by Gasteiger charge is 2.18. The first-order chi connectivity index (χ1) is 32.0. The van der Waals surface area contributed by atoms with Gasteiger partial charge in [0.25, 0.3) is 0 Å². The van der Waals surface area contributed by atoms with Gasteiger partial charge in [0.05, 0.1) is 25.4 Å². The summed E-state index contributed by atoms with van der Waals surface area (Å²) < 4.78 is 5.46. The van der Waals surface area contributed by atoms with Gasteiger partial charge >= 0.3 is 5.97 Å². The maximum absolute atomic E-state index is 12.5. The van der Waals surface area contributed by atoms with Gasteiger partial charge in [0.1, 0.15) is 0 Å². The third kappa shape index (κ3) is 51.6. The summed E-state index contributed by atoms with van der Waals surface area (Å²) in [7, 11) is 0. The number of ether oxygens (including phenoxy) is 1. The van der Waals surface area contributed by atoms with Crippen LogP contribution in [0.15, 0.2) is 24.3 Å². The Morgan fingerprint density at radius 2 is 0.723 bits per heavy atom. The number of aliphatic hydroxyl groups is 2. The van der Waals surface area contributed by atoms with Gasteiger partial charge in [-0.2, -0.15) is 0 Å². The predicted molar refractivity (Wildman–Crippen MR) is 283 cm³/mol. The summed E-state index contributed by atoms with van der Waals surface area (Å²) in [6, 6.07) is -0.630. The number of allylic oxidation sites excluding steroid dienone is 3. The minimum Gasteiger partial charge on any atom is -0.466 e. The van der Waals surface area contributed by atoms with E-state index in [9.17, 15) is 19.8 Å². The predicted octanol–water partition coefficient (Wildman–Crippen LogP) is 17.9.